The van der Waals surface area contributed by atoms with E-state index < -0.39 is 23.6 Å². The Balaban J connectivity index is 1.81. The van der Waals surface area contributed by atoms with Gasteiger partial charge in [0, 0.05) is 11.6 Å². The Morgan fingerprint density at radius 2 is 1.84 bits per heavy atom. The fourth-order valence-electron chi connectivity index (χ4n) is 3.22. The molecule has 0 radical (unpaired) electrons. The molecule has 1 aliphatic heterocycles. The zero-order chi connectivity index (χ0) is 22.8. The summed E-state index contributed by atoms with van der Waals surface area (Å²) in [6, 6.07) is 16.9. The smallest absolute Gasteiger partial charge is 0.331 e. The van der Waals surface area contributed by atoms with Gasteiger partial charge in [-0.05, 0) is 53.2 Å². The maximum absolute atomic E-state index is 14.2. The third-order valence-corrected chi connectivity index (χ3v) is 5.86. The highest BCUT2D eigenvalue weighted by Crippen LogP contribution is 2.36. The van der Waals surface area contributed by atoms with Crippen molar-refractivity contribution in [3.63, 3.8) is 0 Å². The number of thioether (sulfide) groups is 1. The average Bonchev–Trinajstić information content (AvgIpc) is 3.09. The van der Waals surface area contributed by atoms with Crippen molar-refractivity contribution in [1.29, 1.82) is 0 Å². The number of aryl methyl sites for hydroxylation is 1. The standard InChI is InChI=1S/C24H17FN2O4S/c1-14-10-11-16(12-19(14)25)27-23(30)20(13-21(28)31-2)32-24(27)26-22(29)18-9-5-7-15-6-3-4-8-17(15)18/h3-13H,1-2H3/b20-13-,26-24?. The molecule has 1 heterocycles. The van der Waals surface area contributed by atoms with Crippen LogP contribution in [0.4, 0.5) is 10.1 Å². The summed E-state index contributed by atoms with van der Waals surface area (Å²) in [5.41, 5.74) is 0.969. The number of esters is 1. The first-order valence-electron chi connectivity index (χ1n) is 9.58. The lowest BCUT2D eigenvalue weighted by Gasteiger charge is -2.16. The number of rotatable bonds is 3. The summed E-state index contributed by atoms with van der Waals surface area (Å²) < 4.78 is 18.8. The minimum absolute atomic E-state index is 0.0160. The molecule has 1 fully saturated rings. The molecule has 0 aromatic heterocycles. The molecular weight excluding hydrogens is 431 g/mol. The summed E-state index contributed by atoms with van der Waals surface area (Å²) in [4.78, 5) is 43.1. The van der Waals surface area contributed by atoms with Crippen LogP contribution in [0.2, 0.25) is 0 Å². The van der Waals surface area contributed by atoms with Gasteiger partial charge in [0.1, 0.15) is 5.82 Å². The van der Waals surface area contributed by atoms with Crippen molar-refractivity contribution in [3.8, 4) is 0 Å². The van der Waals surface area contributed by atoms with Crippen LogP contribution >= 0.6 is 11.8 Å². The van der Waals surface area contributed by atoms with Crippen LogP contribution in [0.5, 0.6) is 0 Å². The first-order chi connectivity index (χ1) is 15.4. The summed E-state index contributed by atoms with van der Waals surface area (Å²) in [5, 5.41) is 1.61. The van der Waals surface area contributed by atoms with E-state index in [1.54, 1.807) is 25.1 Å². The van der Waals surface area contributed by atoms with E-state index in [9.17, 15) is 18.8 Å². The third-order valence-electron chi connectivity index (χ3n) is 4.89. The van der Waals surface area contributed by atoms with Crippen LogP contribution in [-0.4, -0.2) is 30.1 Å². The van der Waals surface area contributed by atoms with Gasteiger partial charge in [-0.3, -0.25) is 14.5 Å². The quantitative estimate of drug-likeness (QED) is 0.432. The van der Waals surface area contributed by atoms with Crippen molar-refractivity contribution in [2.75, 3.05) is 12.0 Å². The van der Waals surface area contributed by atoms with Crippen LogP contribution in [0.3, 0.4) is 0 Å². The van der Waals surface area contributed by atoms with Crippen LogP contribution in [0.15, 0.2) is 76.6 Å². The summed E-state index contributed by atoms with van der Waals surface area (Å²) in [5.74, 6) is -2.40. The highest BCUT2D eigenvalue weighted by molar-refractivity contribution is 8.19. The molecule has 6 nitrogen and oxygen atoms in total. The van der Waals surface area contributed by atoms with Crippen molar-refractivity contribution in [3.05, 3.63) is 88.6 Å². The highest BCUT2D eigenvalue weighted by Gasteiger charge is 2.36. The zero-order valence-corrected chi connectivity index (χ0v) is 18.0. The summed E-state index contributed by atoms with van der Waals surface area (Å²) in [6.45, 7) is 1.60. The predicted molar refractivity (Wildman–Crippen MR) is 122 cm³/mol. The lowest BCUT2D eigenvalue weighted by atomic mass is 10.0. The van der Waals surface area contributed by atoms with Crippen molar-refractivity contribution < 1.29 is 23.5 Å². The Morgan fingerprint density at radius 1 is 1.09 bits per heavy atom. The van der Waals surface area contributed by atoms with Crippen molar-refractivity contribution >= 4 is 51.2 Å². The van der Waals surface area contributed by atoms with Gasteiger partial charge in [0.25, 0.3) is 11.8 Å². The number of aliphatic imine (C=N–C) groups is 1. The average molecular weight is 448 g/mol. The van der Waals surface area contributed by atoms with Gasteiger partial charge in [-0.2, -0.15) is 4.99 Å². The summed E-state index contributed by atoms with van der Waals surface area (Å²) in [7, 11) is 1.19. The number of amides is 2. The Kier molecular flexibility index (Phi) is 5.87. The topological polar surface area (TPSA) is 76.0 Å². The summed E-state index contributed by atoms with van der Waals surface area (Å²) >= 11 is 0.847. The van der Waals surface area contributed by atoms with E-state index in [0.29, 0.717) is 11.1 Å². The van der Waals surface area contributed by atoms with E-state index >= 15 is 0 Å². The van der Waals surface area contributed by atoms with Crippen molar-refractivity contribution in [2.45, 2.75) is 6.92 Å². The first kappa shape index (κ1) is 21.5. The highest BCUT2D eigenvalue weighted by atomic mass is 32.2. The second kappa shape index (κ2) is 8.76. The summed E-state index contributed by atoms with van der Waals surface area (Å²) in [6.07, 6.45) is 1.02. The van der Waals surface area contributed by atoms with Gasteiger partial charge < -0.3 is 4.74 Å². The number of carbonyl (C=O) groups excluding carboxylic acids is 3. The van der Waals surface area contributed by atoms with Crippen LogP contribution in [0, 0.1) is 12.7 Å². The molecule has 2 amide bonds. The molecule has 0 aliphatic carbocycles. The number of anilines is 1. The van der Waals surface area contributed by atoms with Gasteiger partial charge in [0.05, 0.1) is 17.7 Å². The number of ether oxygens (including phenoxy) is 1. The molecule has 8 heteroatoms. The minimum Gasteiger partial charge on any atom is -0.466 e. The minimum atomic E-state index is -0.725. The lowest BCUT2D eigenvalue weighted by molar-refractivity contribution is -0.135. The Bertz CT molecular complexity index is 1330. The predicted octanol–water partition coefficient (Wildman–Crippen LogP) is 4.62. The van der Waals surface area contributed by atoms with E-state index in [2.05, 4.69) is 9.73 Å². The Hall–Kier alpha value is -3.78. The number of nitrogens with zero attached hydrogens (tertiary/aromatic N) is 2. The normalized spacial score (nSPS) is 16.2. The van der Waals surface area contributed by atoms with Crippen LogP contribution in [0.25, 0.3) is 10.8 Å². The van der Waals surface area contributed by atoms with E-state index in [1.165, 1.54) is 19.2 Å². The van der Waals surface area contributed by atoms with Crippen molar-refractivity contribution in [2.24, 2.45) is 4.99 Å². The number of methoxy groups -OCH3 is 1. The van der Waals surface area contributed by atoms with Gasteiger partial charge in [0.2, 0.25) is 0 Å². The molecule has 1 aliphatic rings. The molecule has 0 spiro atoms. The van der Waals surface area contributed by atoms with Gasteiger partial charge in [-0.1, -0.05) is 42.5 Å². The number of fused-ring (bicyclic) bond motifs is 1. The lowest BCUT2D eigenvalue weighted by Crippen LogP contribution is -2.29. The van der Waals surface area contributed by atoms with E-state index in [4.69, 9.17) is 0 Å². The fourth-order valence-corrected chi connectivity index (χ4v) is 4.16. The number of carbonyl (C=O) groups is 3. The van der Waals surface area contributed by atoms with Gasteiger partial charge >= 0.3 is 5.97 Å². The van der Waals surface area contributed by atoms with E-state index in [1.807, 2.05) is 30.3 Å². The number of amidine groups is 1. The molecule has 3 aromatic carbocycles. The maximum atomic E-state index is 14.2. The molecule has 160 valence electrons. The second-order valence-corrected chi connectivity index (χ2v) is 7.94. The molecule has 1 saturated heterocycles. The number of hydrogen-bond donors (Lipinski definition) is 0. The first-order valence-corrected chi connectivity index (χ1v) is 10.4. The van der Waals surface area contributed by atoms with E-state index in [-0.39, 0.29) is 15.8 Å². The number of benzene rings is 3. The molecule has 0 N–H and O–H groups in total. The Morgan fingerprint density at radius 3 is 2.59 bits per heavy atom. The Labute approximate surface area is 187 Å². The molecule has 0 saturated carbocycles. The van der Waals surface area contributed by atoms with Gasteiger partial charge in [-0.15, -0.1) is 0 Å². The molecule has 32 heavy (non-hydrogen) atoms. The van der Waals surface area contributed by atoms with Crippen LogP contribution in [0.1, 0.15) is 15.9 Å². The SMILES string of the molecule is COC(=O)/C=C1\SC(=NC(=O)c2cccc3ccccc23)N(c2ccc(C)c(F)c2)C1=O. The van der Waals surface area contributed by atoms with Gasteiger partial charge in [-0.25, -0.2) is 9.18 Å². The van der Waals surface area contributed by atoms with Crippen molar-refractivity contribution in [1.82, 2.24) is 0 Å². The molecule has 0 bridgehead atoms. The fraction of sp³-hybridized carbons (Fsp3) is 0.0833. The van der Waals surface area contributed by atoms with E-state index in [0.717, 1.165) is 33.5 Å². The number of hydrogen-bond acceptors (Lipinski definition) is 5. The monoisotopic (exact) mass is 448 g/mol. The molecule has 0 atom stereocenters. The number of halogens is 1. The molecule has 0 unspecified atom stereocenters. The maximum Gasteiger partial charge on any atom is 0.331 e. The third kappa shape index (κ3) is 4.04. The molecule has 3 aromatic rings. The zero-order valence-electron chi connectivity index (χ0n) is 17.2. The van der Waals surface area contributed by atoms with Crippen LogP contribution in [-0.2, 0) is 14.3 Å². The van der Waals surface area contributed by atoms with Gasteiger partial charge in [0.15, 0.2) is 5.17 Å². The largest absolute Gasteiger partial charge is 0.466 e. The molecule has 4 rings (SSSR count). The second-order valence-electron chi connectivity index (χ2n) is 6.93. The molecular formula is C24H17FN2O4S. The van der Waals surface area contributed by atoms with Crippen LogP contribution < -0.4 is 4.90 Å².